The largest absolute Gasteiger partial charge is 0.480 e. The van der Waals surface area contributed by atoms with Gasteiger partial charge in [-0.25, -0.2) is 0 Å². The van der Waals surface area contributed by atoms with E-state index in [9.17, 15) is 4.79 Å². The Labute approximate surface area is 91.9 Å². The van der Waals surface area contributed by atoms with Gasteiger partial charge in [0.05, 0.1) is 0 Å². The zero-order valence-corrected chi connectivity index (χ0v) is 9.78. The minimum Gasteiger partial charge on any atom is -0.480 e. The van der Waals surface area contributed by atoms with Gasteiger partial charge in [-0.1, -0.05) is 19.8 Å². The second-order valence-electron chi connectivity index (χ2n) is 3.88. The van der Waals surface area contributed by atoms with Crippen LogP contribution < -0.4 is 0 Å². The van der Waals surface area contributed by atoms with Gasteiger partial charge < -0.3 is 10.2 Å². The maximum absolute atomic E-state index is 10.8. The molecule has 0 fully saturated rings. The van der Waals surface area contributed by atoms with Crippen LogP contribution in [0.2, 0.25) is 0 Å². The predicted octanol–water partition coefficient (Wildman–Crippen LogP) is 1.33. The number of carboxylic acid groups (broad SMARTS) is 1. The average molecular weight is 217 g/mol. The molecule has 0 aromatic heterocycles. The van der Waals surface area contributed by atoms with Crippen LogP contribution in [0.4, 0.5) is 0 Å². The van der Waals surface area contributed by atoms with Crippen molar-refractivity contribution in [2.24, 2.45) is 0 Å². The van der Waals surface area contributed by atoms with Gasteiger partial charge in [0.15, 0.2) is 0 Å². The number of likely N-dealkylation sites (N-methyl/N-ethyl adjacent to an activating group) is 1. The van der Waals surface area contributed by atoms with Gasteiger partial charge in [-0.3, -0.25) is 9.69 Å². The zero-order valence-electron chi connectivity index (χ0n) is 9.78. The first-order valence-electron chi connectivity index (χ1n) is 5.67. The minimum absolute atomic E-state index is 0.253. The lowest BCUT2D eigenvalue weighted by Gasteiger charge is -2.23. The third-order valence-corrected chi connectivity index (χ3v) is 2.62. The van der Waals surface area contributed by atoms with Crippen LogP contribution in [0.3, 0.4) is 0 Å². The summed E-state index contributed by atoms with van der Waals surface area (Å²) in [6.07, 6.45) is 4.57. The monoisotopic (exact) mass is 217 g/mol. The smallest absolute Gasteiger partial charge is 0.320 e. The number of carboxylic acids is 1. The molecule has 0 aromatic carbocycles. The zero-order chi connectivity index (χ0) is 11.7. The van der Waals surface area contributed by atoms with E-state index >= 15 is 0 Å². The van der Waals surface area contributed by atoms with Crippen LogP contribution in [-0.4, -0.2) is 47.3 Å². The van der Waals surface area contributed by atoms with Crippen LogP contribution >= 0.6 is 0 Å². The number of rotatable bonds is 9. The van der Waals surface area contributed by atoms with Crippen molar-refractivity contribution in [1.29, 1.82) is 0 Å². The second kappa shape index (κ2) is 8.68. The third-order valence-electron chi connectivity index (χ3n) is 2.62. The molecule has 0 bridgehead atoms. The van der Waals surface area contributed by atoms with Crippen molar-refractivity contribution < 1.29 is 15.0 Å². The number of nitrogens with zero attached hydrogens (tertiary/aromatic N) is 1. The lowest BCUT2D eigenvalue weighted by molar-refractivity contribution is -0.142. The maximum atomic E-state index is 10.8. The summed E-state index contributed by atoms with van der Waals surface area (Å²) in [7, 11) is 1.86. The van der Waals surface area contributed by atoms with Crippen LogP contribution in [0.1, 0.15) is 39.0 Å². The highest BCUT2D eigenvalue weighted by atomic mass is 16.4. The molecule has 1 unspecified atom stereocenters. The molecule has 0 saturated heterocycles. The summed E-state index contributed by atoms with van der Waals surface area (Å²) in [6.45, 7) is 2.96. The number of hydrogen-bond donors (Lipinski definition) is 2. The summed E-state index contributed by atoms with van der Waals surface area (Å²) in [5.74, 6) is -0.740. The van der Waals surface area contributed by atoms with Gasteiger partial charge in [-0.15, -0.1) is 0 Å². The lowest BCUT2D eigenvalue weighted by Crippen LogP contribution is -2.38. The second-order valence-corrected chi connectivity index (χ2v) is 3.88. The molecule has 0 aromatic rings. The molecule has 0 rings (SSSR count). The van der Waals surface area contributed by atoms with E-state index in [0.717, 1.165) is 32.2 Å². The van der Waals surface area contributed by atoms with E-state index in [0.29, 0.717) is 6.42 Å². The van der Waals surface area contributed by atoms with E-state index in [1.165, 1.54) is 0 Å². The van der Waals surface area contributed by atoms with Crippen LogP contribution in [0.5, 0.6) is 0 Å². The summed E-state index contributed by atoms with van der Waals surface area (Å²) in [6, 6.07) is -0.358. The van der Waals surface area contributed by atoms with E-state index < -0.39 is 5.97 Å². The van der Waals surface area contributed by atoms with Gasteiger partial charge in [0.1, 0.15) is 6.04 Å². The summed E-state index contributed by atoms with van der Waals surface area (Å²) < 4.78 is 0. The molecule has 0 radical (unpaired) electrons. The van der Waals surface area contributed by atoms with Gasteiger partial charge in [0.25, 0.3) is 0 Å². The Hall–Kier alpha value is -0.610. The van der Waals surface area contributed by atoms with Gasteiger partial charge in [0.2, 0.25) is 0 Å². The third kappa shape index (κ3) is 6.47. The van der Waals surface area contributed by atoms with Gasteiger partial charge >= 0.3 is 5.97 Å². The first-order chi connectivity index (χ1) is 7.13. The fourth-order valence-electron chi connectivity index (χ4n) is 1.66. The molecule has 0 spiro atoms. The lowest BCUT2D eigenvalue weighted by atomic mass is 10.1. The summed E-state index contributed by atoms with van der Waals surface area (Å²) in [4.78, 5) is 12.7. The van der Waals surface area contributed by atoms with Crippen LogP contribution in [0, 0.1) is 0 Å². The van der Waals surface area contributed by atoms with Crippen molar-refractivity contribution in [3.8, 4) is 0 Å². The molecule has 1 atom stereocenters. The van der Waals surface area contributed by atoms with Gasteiger partial charge in [-0.05, 0) is 32.9 Å². The standard InChI is InChI=1S/C11H23NO3/c1-3-10(11(14)15)12(2)8-6-4-5-7-9-13/h10,13H,3-9H2,1-2H3,(H,14,15). The topological polar surface area (TPSA) is 60.8 Å². The molecule has 0 aliphatic carbocycles. The average Bonchev–Trinajstić information content (AvgIpc) is 2.18. The molecular formula is C11H23NO3. The highest BCUT2D eigenvalue weighted by Crippen LogP contribution is 2.06. The number of aliphatic hydroxyl groups is 1. The van der Waals surface area contributed by atoms with Crippen molar-refractivity contribution in [3.63, 3.8) is 0 Å². The highest BCUT2D eigenvalue weighted by Gasteiger charge is 2.19. The minimum atomic E-state index is -0.740. The van der Waals surface area contributed by atoms with Crippen molar-refractivity contribution in [1.82, 2.24) is 4.90 Å². The Morgan fingerprint density at radius 2 is 1.87 bits per heavy atom. The van der Waals surface area contributed by atoms with Crippen molar-refractivity contribution in [2.45, 2.75) is 45.1 Å². The van der Waals surface area contributed by atoms with E-state index in [4.69, 9.17) is 10.2 Å². The van der Waals surface area contributed by atoms with Crippen molar-refractivity contribution in [2.75, 3.05) is 20.2 Å². The Kier molecular flexibility index (Phi) is 8.33. The van der Waals surface area contributed by atoms with Crippen LogP contribution in [-0.2, 0) is 4.79 Å². The Balaban J connectivity index is 3.62. The normalized spacial score (nSPS) is 13.1. The number of carbonyl (C=O) groups is 1. The maximum Gasteiger partial charge on any atom is 0.320 e. The van der Waals surface area contributed by atoms with E-state index in [2.05, 4.69) is 0 Å². The summed E-state index contributed by atoms with van der Waals surface area (Å²) in [5, 5.41) is 17.5. The quantitative estimate of drug-likeness (QED) is 0.572. The Bertz CT molecular complexity index is 173. The molecule has 0 saturated carbocycles. The first kappa shape index (κ1) is 14.4. The van der Waals surface area contributed by atoms with Crippen molar-refractivity contribution in [3.05, 3.63) is 0 Å². The molecule has 90 valence electrons. The van der Waals surface area contributed by atoms with Crippen LogP contribution in [0.15, 0.2) is 0 Å². The molecule has 15 heavy (non-hydrogen) atoms. The van der Waals surface area contributed by atoms with Crippen LogP contribution in [0.25, 0.3) is 0 Å². The predicted molar refractivity (Wildman–Crippen MR) is 59.9 cm³/mol. The molecule has 0 aliphatic rings. The van der Waals surface area contributed by atoms with E-state index in [1.54, 1.807) is 0 Å². The fraction of sp³-hybridized carbons (Fsp3) is 0.909. The number of aliphatic hydroxyl groups excluding tert-OH is 1. The molecule has 0 aliphatic heterocycles. The van der Waals surface area contributed by atoms with Crippen molar-refractivity contribution >= 4 is 5.97 Å². The summed E-state index contributed by atoms with van der Waals surface area (Å²) in [5.41, 5.74) is 0. The van der Waals surface area contributed by atoms with Gasteiger partial charge in [-0.2, -0.15) is 0 Å². The Morgan fingerprint density at radius 1 is 1.27 bits per heavy atom. The molecule has 0 amide bonds. The molecule has 4 nitrogen and oxygen atoms in total. The summed E-state index contributed by atoms with van der Waals surface area (Å²) >= 11 is 0. The fourth-order valence-corrected chi connectivity index (χ4v) is 1.66. The molecule has 2 N–H and O–H groups in total. The molecule has 4 heteroatoms. The first-order valence-corrected chi connectivity index (χ1v) is 5.67. The van der Waals surface area contributed by atoms with Gasteiger partial charge in [0, 0.05) is 6.61 Å². The number of unbranched alkanes of at least 4 members (excludes halogenated alkanes) is 3. The number of hydrogen-bond acceptors (Lipinski definition) is 3. The molecule has 0 heterocycles. The SMILES string of the molecule is CCC(C(=O)O)N(C)CCCCCCO. The number of aliphatic carboxylic acids is 1. The molecular weight excluding hydrogens is 194 g/mol. The Morgan fingerprint density at radius 3 is 2.33 bits per heavy atom. The van der Waals surface area contributed by atoms with E-state index in [-0.39, 0.29) is 12.6 Å². The highest BCUT2D eigenvalue weighted by molar-refractivity contribution is 5.73. The van der Waals surface area contributed by atoms with E-state index in [1.807, 2.05) is 18.9 Å².